The van der Waals surface area contributed by atoms with Crippen molar-refractivity contribution in [1.29, 1.82) is 0 Å². The fraction of sp³-hybridized carbons (Fsp3) is 0.294. The maximum Gasteiger partial charge on any atom is 0.119 e. The molecule has 0 amide bonds. The van der Waals surface area contributed by atoms with Gasteiger partial charge in [0.05, 0.1) is 6.61 Å². The van der Waals surface area contributed by atoms with Crippen LogP contribution in [0.25, 0.3) is 0 Å². The fourth-order valence-corrected chi connectivity index (χ4v) is 2.51. The number of halogens is 1. The molecule has 0 aliphatic carbocycles. The Hall–Kier alpha value is -1.32. The molecule has 2 N–H and O–H groups in total. The molecule has 0 aliphatic rings. The quantitative estimate of drug-likeness (QED) is 0.845. The number of hydrogen-bond donors (Lipinski definition) is 1. The molecule has 2 aromatic rings. The summed E-state index contributed by atoms with van der Waals surface area (Å²) in [7, 11) is 0. The van der Waals surface area contributed by atoms with E-state index in [0.717, 1.165) is 35.2 Å². The van der Waals surface area contributed by atoms with Crippen molar-refractivity contribution in [3.63, 3.8) is 0 Å². The van der Waals surface area contributed by atoms with Gasteiger partial charge in [0.1, 0.15) is 5.75 Å². The summed E-state index contributed by atoms with van der Waals surface area (Å²) < 4.78 is 6.67. The number of benzene rings is 2. The molecule has 20 heavy (non-hydrogen) atoms. The molecule has 1 atom stereocenters. The van der Waals surface area contributed by atoms with Crippen molar-refractivity contribution >= 4 is 15.9 Å². The summed E-state index contributed by atoms with van der Waals surface area (Å²) in [5.74, 6) is 0.908. The van der Waals surface area contributed by atoms with E-state index >= 15 is 0 Å². The monoisotopic (exact) mass is 333 g/mol. The van der Waals surface area contributed by atoms with Gasteiger partial charge in [-0.15, -0.1) is 0 Å². The molecule has 0 aromatic heterocycles. The third-order valence-electron chi connectivity index (χ3n) is 3.13. The molecule has 0 saturated heterocycles. The summed E-state index contributed by atoms with van der Waals surface area (Å²) >= 11 is 3.48. The summed E-state index contributed by atoms with van der Waals surface area (Å²) in [5, 5.41) is 0. The summed E-state index contributed by atoms with van der Waals surface area (Å²) in [6, 6.07) is 16.4. The highest BCUT2D eigenvalue weighted by Gasteiger charge is 2.07. The first-order valence-corrected chi connectivity index (χ1v) is 7.71. The van der Waals surface area contributed by atoms with E-state index in [1.807, 2.05) is 36.4 Å². The van der Waals surface area contributed by atoms with Crippen LogP contribution in [0.1, 0.15) is 30.5 Å². The zero-order chi connectivity index (χ0) is 14.4. The van der Waals surface area contributed by atoms with Gasteiger partial charge < -0.3 is 10.5 Å². The Labute approximate surface area is 129 Å². The lowest BCUT2D eigenvalue weighted by molar-refractivity contribution is 0.317. The van der Waals surface area contributed by atoms with Crippen molar-refractivity contribution in [2.24, 2.45) is 5.73 Å². The van der Waals surface area contributed by atoms with E-state index in [0.29, 0.717) is 0 Å². The van der Waals surface area contributed by atoms with Gasteiger partial charge in [-0.1, -0.05) is 47.1 Å². The maximum absolute atomic E-state index is 6.27. The lowest BCUT2D eigenvalue weighted by Gasteiger charge is -2.13. The van der Waals surface area contributed by atoms with Gasteiger partial charge in [-0.2, -0.15) is 0 Å². The van der Waals surface area contributed by atoms with E-state index in [-0.39, 0.29) is 6.04 Å². The van der Waals surface area contributed by atoms with Crippen LogP contribution in [0.15, 0.2) is 53.0 Å². The molecule has 106 valence electrons. The lowest BCUT2D eigenvalue weighted by atomic mass is 10.00. The van der Waals surface area contributed by atoms with E-state index in [1.165, 1.54) is 5.56 Å². The van der Waals surface area contributed by atoms with Crippen molar-refractivity contribution in [3.8, 4) is 5.75 Å². The molecule has 2 nitrogen and oxygen atoms in total. The summed E-state index contributed by atoms with van der Waals surface area (Å²) in [5.41, 5.74) is 8.64. The van der Waals surface area contributed by atoms with E-state index in [2.05, 4.69) is 35.0 Å². The van der Waals surface area contributed by atoms with Crippen LogP contribution in [0.3, 0.4) is 0 Å². The van der Waals surface area contributed by atoms with E-state index in [1.54, 1.807) is 0 Å². The minimum absolute atomic E-state index is 0.00419. The average molecular weight is 334 g/mol. The zero-order valence-electron chi connectivity index (χ0n) is 11.7. The van der Waals surface area contributed by atoms with Gasteiger partial charge in [-0.3, -0.25) is 0 Å². The van der Waals surface area contributed by atoms with Crippen molar-refractivity contribution in [1.82, 2.24) is 0 Å². The van der Waals surface area contributed by atoms with Crippen molar-refractivity contribution in [2.45, 2.75) is 25.8 Å². The molecule has 0 heterocycles. The molecule has 0 spiro atoms. The second kappa shape index (κ2) is 7.46. The molecule has 0 aliphatic heterocycles. The molecule has 0 bridgehead atoms. The molecular weight excluding hydrogens is 314 g/mol. The molecule has 0 radical (unpaired) electrons. The molecular formula is C17H20BrNO. The highest BCUT2D eigenvalue weighted by Crippen LogP contribution is 2.21. The fourth-order valence-electron chi connectivity index (χ4n) is 2.07. The van der Waals surface area contributed by atoms with Crippen molar-refractivity contribution < 1.29 is 4.74 Å². The van der Waals surface area contributed by atoms with Crippen LogP contribution in [-0.4, -0.2) is 6.61 Å². The Kier molecular flexibility index (Phi) is 5.62. The number of ether oxygens (including phenoxy) is 1. The summed E-state index contributed by atoms with van der Waals surface area (Å²) in [6.07, 6.45) is 1.85. The minimum atomic E-state index is 0.00419. The number of rotatable bonds is 6. The maximum atomic E-state index is 6.27. The Balaban J connectivity index is 2.00. The van der Waals surface area contributed by atoms with Gasteiger partial charge in [0.25, 0.3) is 0 Å². The molecule has 2 rings (SSSR count). The zero-order valence-corrected chi connectivity index (χ0v) is 13.3. The summed E-state index contributed by atoms with van der Waals surface area (Å²) in [6.45, 7) is 2.85. The molecule has 2 aromatic carbocycles. The van der Waals surface area contributed by atoms with Crippen molar-refractivity contribution in [3.05, 3.63) is 64.1 Å². The lowest BCUT2D eigenvalue weighted by Crippen LogP contribution is -2.13. The molecule has 0 saturated carbocycles. The van der Waals surface area contributed by atoms with Crippen LogP contribution >= 0.6 is 15.9 Å². The van der Waals surface area contributed by atoms with Crippen LogP contribution < -0.4 is 10.5 Å². The van der Waals surface area contributed by atoms with E-state index in [4.69, 9.17) is 10.5 Å². The standard InChI is InChI=1S/C17H20BrNO/c1-2-10-20-16-8-6-14(7-9-16)17(19)12-13-4-3-5-15(18)11-13/h3-9,11,17H,2,10,12,19H2,1H3. The first-order valence-electron chi connectivity index (χ1n) is 6.92. The van der Waals surface area contributed by atoms with Crippen LogP contribution in [0, 0.1) is 0 Å². The number of nitrogens with two attached hydrogens (primary N) is 1. The van der Waals surface area contributed by atoms with Gasteiger partial charge >= 0.3 is 0 Å². The molecule has 0 fully saturated rings. The normalized spacial score (nSPS) is 12.2. The SMILES string of the molecule is CCCOc1ccc(C(N)Cc2cccc(Br)c2)cc1. The smallest absolute Gasteiger partial charge is 0.119 e. The second-order valence-corrected chi connectivity index (χ2v) is 5.77. The minimum Gasteiger partial charge on any atom is -0.494 e. The molecule has 1 unspecified atom stereocenters. The third-order valence-corrected chi connectivity index (χ3v) is 3.62. The highest BCUT2D eigenvalue weighted by atomic mass is 79.9. The molecule has 3 heteroatoms. The van der Waals surface area contributed by atoms with E-state index in [9.17, 15) is 0 Å². The Morgan fingerprint density at radius 3 is 2.55 bits per heavy atom. The first-order chi connectivity index (χ1) is 9.69. The van der Waals surface area contributed by atoms with Crippen LogP contribution in [-0.2, 0) is 6.42 Å². The Morgan fingerprint density at radius 1 is 1.15 bits per heavy atom. The van der Waals surface area contributed by atoms with Gasteiger partial charge in [0, 0.05) is 10.5 Å². The summed E-state index contributed by atoms with van der Waals surface area (Å²) in [4.78, 5) is 0. The highest BCUT2D eigenvalue weighted by molar-refractivity contribution is 9.10. The van der Waals surface area contributed by atoms with Gasteiger partial charge in [-0.05, 0) is 48.2 Å². The Bertz CT molecular complexity index is 539. The predicted octanol–water partition coefficient (Wildman–Crippen LogP) is 4.48. The van der Waals surface area contributed by atoms with E-state index < -0.39 is 0 Å². The first kappa shape index (κ1) is 15.1. The third kappa shape index (κ3) is 4.36. The average Bonchev–Trinajstić information content (AvgIpc) is 2.45. The van der Waals surface area contributed by atoms with Gasteiger partial charge in [0.2, 0.25) is 0 Å². The van der Waals surface area contributed by atoms with Crippen LogP contribution in [0.5, 0.6) is 5.75 Å². The predicted molar refractivity (Wildman–Crippen MR) is 87.0 cm³/mol. The Morgan fingerprint density at radius 2 is 1.90 bits per heavy atom. The van der Waals surface area contributed by atoms with Gasteiger partial charge in [-0.25, -0.2) is 0 Å². The largest absolute Gasteiger partial charge is 0.494 e. The second-order valence-electron chi connectivity index (χ2n) is 4.86. The number of hydrogen-bond acceptors (Lipinski definition) is 2. The van der Waals surface area contributed by atoms with Crippen LogP contribution in [0.2, 0.25) is 0 Å². The van der Waals surface area contributed by atoms with Gasteiger partial charge in [0.15, 0.2) is 0 Å². The van der Waals surface area contributed by atoms with Crippen LogP contribution in [0.4, 0.5) is 0 Å². The van der Waals surface area contributed by atoms with Crippen molar-refractivity contribution in [2.75, 3.05) is 6.61 Å². The topological polar surface area (TPSA) is 35.2 Å².